The molecule has 0 atom stereocenters. The molecule has 98 valence electrons. The molecule has 3 rings (SSSR count). The van der Waals surface area contributed by atoms with Crippen LogP contribution in [0.25, 0.3) is 22.5 Å². The monoisotopic (exact) mass is 321 g/mol. The predicted molar refractivity (Wildman–Crippen MR) is 76.0 cm³/mol. The Morgan fingerprint density at radius 2 is 2.11 bits per heavy atom. The first-order valence-electron chi connectivity index (χ1n) is 5.70. The second kappa shape index (κ2) is 4.34. The van der Waals surface area contributed by atoms with Gasteiger partial charge in [0.25, 0.3) is 11.8 Å². The van der Waals surface area contributed by atoms with Crippen LogP contribution in [0, 0.1) is 0 Å². The lowest BCUT2D eigenvalue weighted by molar-refractivity contribution is 0.429. The van der Waals surface area contributed by atoms with Gasteiger partial charge in [0.1, 0.15) is 0 Å². The molecule has 2 heterocycles. The van der Waals surface area contributed by atoms with Gasteiger partial charge in [-0.05, 0) is 23.4 Å². The number of rotatable bonds is 2. The Labute approximate surface area is 118 Å². The lowest BCUT2D eigenvalue weighted by Crippen LogP contribution is -2.10. The van der Waals surface area contributed by atoms with E-state index in [1.165, 1.54) is 0 Å². The fraction of sp³-hybridized carbons (Fsp3) is 0.250. The van der Waals surface area contributed by atoms with Gasteiger partial charge >= 0.3 is 0 Å². The number of anilines is 1. The van der Waals surface area contributed by atoms with Crippen LogP contribution in [-0.2, 0) is 7.05 Å². The summed E-state index contributed by atoms with van der Waals surface area (Å²) in [5.41, 5.74) is 1.71. The van der Waals surface area contributed by atoms with Crippen LogP contribution in [0.2, 0.25) is 0 Å². The van der Waals surface area contributed by atoms with Crippen LogP contribution in [0.5, 0.6) is 0 Å². The second-order valence-electron chi connectivity index (χ2n) is 4.43. The van der Waals surface area contributed by atoms with E-state index in [2.05, 4.69) is 31.2 Å². The van der Waals surface area contributed by atoms with Gasteiger partial charge in [0.05, 0.1) is 5.52 Å². The zero-order chi connectivity index (χ0) is 13.6. The number of halogens is 1. The average molecular weight is 322 g/mol. The van der Waals surface area contributed by atoms with Gasteiger partial charge in [0.2, 0.25) is 0 Å². The van der Waals surface area contributed by atoms with Crippen molar-refractivity contribution in [3.8, 4) is 11.6 Å². The molecule has 0 aliphatic carbocycles. The molecule has 0 amide bonds. The second-order valence-corrected chi connectivity index (χ2v) is 5.34. The molecule has 0 fully saturated rings. The van der Waals surface area contributed by atoms with Gasteiger partial charge in [-0.25, -0.2) is 0 Å². The zero-order valence-corrected chi connectivity index (χ0v) is 12.3. The topological polar surface area (TPSA) is 60.0 Å². The van der Waals surface area contributed by atoms with Gasteiger partial charge in [-0.1, -0.05) is 15.9 Å². The van der Waals surface area contributed by atoms with Crippen LogP contribution in [-0.4, -0.2) is 34.0 Å². The smallest absolute Gasteiger partial charge is 0.280 e. The number of nitrogens with zero attached hydrogens (tertiary/aromatic N) is 5. The van der Waals surface area contributed by atoms with Crippen LogP contribution < -0.4 is 4.90 Å². The van der Waals surface area contributed by atoms with Crippen molar-refractivity contribution in [2.75, 3.05) is 19.0 Å². The Bertz CT molecular complexity index is 746. The van der Waals surface area contributed by atoms with E-state index in [0.29, 0.717) is 17.5 Å². The van der Waals surface area contributed by atoms with Crippen molar-refractivity contribution in [1.29, 1.82) is 0 Å². The largest absolute Gasteiger partial charge is 0.344 e. The van der Waals surface area contributed by atoms with E-state index in [9.17, 15) is 0 Å². The van der Waals surface area contributed by atoms with Crippen molar-refractivity contribution in [3.63, 3.8) is 0 Å². The van der Waals surface area contributed by atoms with Gasteiger partial charge in [0.15, 0.2) is 5.69 Å². The van der Waals surface area contributed by atoms with Gasteiger partial charge < -0.3 is 9.42 Å². The van der Waals surface area contributed by atoms with Crippen molar-refractivity contribution in [2.45, 2.75) is 0 Å². The summed E-state index contributed by atoms with van der Waals surface area (Å²) in [5, 5.41) is 9.34. The number of aryl methyl sites for hydroxylation is 1. The molecule has 19 heavy (non-hydrogen) atoms. The number of benzene rings is 1. The minimum Gasteiger partial charge on any atom is -0.344 e. The summed E-state index contributed by atoms with van der Waals surface area (Å²) in [5.74, 6) is 0.955. The van der Waals surface area contributed by atoms with Crippen LogP contribution in [0.3, 0.4) is 0 Å². The maximum absolute atomic E-state index is 5.28. The first kappa shape index (κ1) is 12.2. The molecular weight excluding hydrogens is 310 g/mol. The molecule has 0 unspecified atom stereocenters. The highest BCUT2D eigenvalue weighted by molar-refractivity contribution is 9.10. The summed E-state index contributed by atoms with van der Waals surface area (Å²) in [6.07, 6.45) is 0. The lowest BCUT2D eigenvalue weighted by atomic mass is 10.2. The minimum absolute atomic E-state index is 0.424. The van der Waals surface area contributed by atoms with Crippen molar-refractivity contribution >= 4 is 32.8 Å². The van der Waals surface area contributed by atoms with Gasteiger partial charge in [-0.2, -0.15) is 10.1 Å². The molecule has 6 nitrogen and oxygen atoms in total. The number of hydrogen-bond acceptors (Lipinski definition) is 5. The molecule has 7 heteroatoms. The average Bonchev–Trinajstić information content (AvgIpc) is 2.94. The molecule has 2 aromatic heterocycles. The summed E-state index contributed by atoms with van der Waals surface area (Å²) in [4.78, 5) is 6.12. The third-order valence-corrected chi connectivity index (χ3v) is 3.32. The quantitative estimate of drug-likeness (QED) is 0.725. The Balaban J connectivity index is 2.21. The van der Waals surface area contributed by atoms with E-state index in [-0.39, 0.29) is 0 Å². The highest BCUT2D eigenvalue weighted by Crippen LogP contribution is 2.29. The highest BCUT2D eigenvalue weighted by Gasteiger charge is 2.17. The summed E-state index contributed by atoms with van der Waals surface area (Å²) >= 11 is 3.46. The first-order chi connectivity index (χ1) is 9.06. The van der Waals surface area contributed by atoms with Crippen LogP contribution in [0.4, 0.5) is 5.95 Å². The summed E-state index contributed by atoms with van der Waals surface area (Å²) in [6.45, 7) is 0. The molecule has 0 saturated carbocycles. The molecule has 1 aromatic carbocycles. The summed E-state index contributed by atoms with van der Waals surface area (Å²) < 4.78 is 8.07. The Morgan fingerprint density at radius 3 is 2.79 bits per heavy atom. The van der Waals surface area contributed by atoms with Gasteiger partial charge in [-0.15, -0.1) is 0 Å². The highest BCUT2D eigenvalue weighted by atomic mass is 79.9. The maximum Gasteiger partial charge on any atom is 0.280 e. The number of aromatic nitrogens is 4. The van der Waals surface area contributed by atoms with Gasteiger partial charge in [0, 0.05) is 31.0 Å². The van der Waals surface area contributed by atoms with E-state index in [1.54, 1.807) is 9.58 Å². The summed E-state index contributed by atoms with van der Waals surface area (Å²) in [6, 6.07) is 5.98. The van der Waals surface area contributed by atoms with Crippen molar-refractivity contribution < 1.29 is 4.52 Å². The lowest BCUT2D eigenvalue weighted by Gasteiger charge is -2.02. The van der Waals surface area contributed by atoms with E-state index in [1.807, 2.05) is 39.3 Å². The SMILES string of the molecule is CN(C)c1noc(-c2nn(C)c3ccc(Br)cc23)n1. The molecule has 0 N–H and O–H groups in total. The molecule has 0 aliphatic heterocycles. The summed E-state index contributed by atoms with van der Waals surface area (Å²) in [7, 11) is 5.62. The molecule has 3 aromatic rings. The van der Waals surface area contributed by atoms with Crippen molar-refractivity contribution in [1.82, 2.24) is 19.9 Å². The molecule has 0 bridgehead atoms. The minimum atomic E-state index is 0.424. The van der Waals surface area contributed by atoms with E-state index in [0.717, 1.165) is 15.4 Å². The fourth-order valence-electron chi connectivity index (χ4n) is 1.89. The first-order valence-corrected chi connectivity index (χ1v) is 6.49. The standard InChI is InChI=1S/C12H12BrN5O/c1-17(2)12-14-11(19-16-12)10-8-6-7(13)4-5-9(8)18(3)15-10/h4-6H,1-3H3. The molecular formula is C12H12BrN5O. The predicted octanol–water partition coefficient (Wildman–Crippen LogP) is 2.45. The third kappa shape index (κ3) is 1.99. The molecule has 0 saturated heterocycles. The van der Waals surface area contributed by atoms with Crippen LogP contribution >= 0.6 is 15.9 Å². The molecule has 0 spiro atoms. The normalized spacial score (nSPS) is 11.2. The van der Waals surface area contributed by atoms with Crippen LogP contribution in [0.1, 0.15) is 0 Å². The molecule has 0 aliphatic rings. The van der Waals surface area contributed by atoms with E-state index < -0.39 is 0 Å². The van der Waals surface area contributed by atoms with Gasteiger partial charge in [-0.3, -0.25) is 4.68 Å². The van der Waals surface area contributed by atoms with E-state index >= 15 is 0 Å². The number of fused-ring (bicyclic) bond motifs is 1. The van der Waals surface area contributed by atoms with Crippen molar-refractivity contribution in [3.05, 3.63) is 22.7 Å². The van der Waals surface area contributed by atoms with E-state index in [4.69, 9.17) is 4.52 Å². The molecule has 0 radical (unpaired) electrons. The third-order valence-electron chi connectivity index (χ3n) is 2.83. The Kier molecular flexibility index (Phi) is 2.78. The maximum atomic E-state index is 5.28. The number of hydrogen-bond donors (Lipinski definition) is 0. The Morgan fingerprint density at radius 1 is 1.32 bits per heavy atom. The van der Waals surface area contributed by atoms with Crippen molar-refractivity contribution in [2.24, 2.45) is 7.05 Å². The zero-order valence-electron chi connectivity index (χ0n) is 10.8. The fourth-order valence-corrected chi connectivity index (χ4v) is 2.25. The van der Waals surface area contributed by atoms with Crippen LogP contribution in [0.15, 0.2) is 27.2 Å². The Hall–Kier alpha value is -1.89.